The zero-order chi connectivity index (χ0) is 18.6. The third-order valence-corrected chi connectivity index (χ3v) is 4.81. The average molecular weight is 350 g/mol. The van der Waals surface area contributed by atoms with Crippen LogP contribution in [0.2, 0.25) is 0 Å². The van der Waals surface area contributed by atoms with Gasteiger partial charge in [0.15, 0.2) is 0 Å². The van der Waals surface area contributed by atoms with Crippen molar-refractivity contribution in [3.05, 3.63) is 23.8 Å². The molecular weight excluding hydrogens is 320 g/mol. The van der Waals surface area contributed by atoms with Crippen molar-refractivity contribution in [2.45, 2.75) is 51.3 Å². The van der Waals surface area contributed by atoms with Crippen molar-refractivity contribution in [3.8, 4) is 11.5 Å². The quantitative estimate of drug-likeness (QED) is 0.788. The lowest BCUT2D eigenvalue weighted by Crippen LogP contribution is -2.49. The molecule has 0 aliphatic carbocycles. The molecule has 2 atom stereocenters. The van der Waals surface area contributed by atoms with E-state index < -0.39 is 5.60 Å². The van der Waals surface area contributed by atoms with Crippen LogP contribution in [0.4, 0.5) is 0 Å². The van der Waals surface area contributed by atoms with Crippen molar-refractivity contribution < 1.29 is 19.4 Å². The first kappa shape index (κ1) is 19.5. The summed E-state index contributed by atoms with van der Waals surface area (Å²) in [5.41, 5.74) is 0.0639. The Morgan fingerprint density at radius 1 is 1.40 bits per heavy atom. The number of hydrogen-bond acceptors (Lipinski definition) is 5. The Kier molecular flexibility index (Phi) is 6.30. The Hall–Kier alpha value is -1.79. The molecule has 1 amide bonds. The molecule has 1 aromatic rings. The van der Waals surface area contributed by atoms with Gasteiger partial charge in [0.2, 0.25) is 5.91 Å². The Morgan fingerprint density at radius 3 is 2.72 bits per heavy atom. The van der Waals surface area contributed by atoms with E-state index in [4.69, 9.17) is 9.47 Å². The fourth-order valence-electron chi connectivity index (χ4n) is 3.54. The Morgan fingerprint density at radius 2 is 2.12 bits per heavy atom. The molecular formula is C19H30N2O4. The second-order valence-corrected chi connectivity index (χ2v) is 7.18. The third-order valence-electron chi connectivity index (χ3n) is 4.81. The summed E-state index contributed by atoms with van der Waals surface area (Å²) in [5.74, 6) is 1.37. The van der Waals surface area contributed by atoms with Gasteiger partial charge in [0.05, 0.1) is 32.4 Å². The number of hydrogen-bond donors (Lipinski definition) is 2. The molecule has 0 radical (unpaired) electrons. The maximum Gasteiger partial charge on any atom is 0.234 e. The fraction of sp³-hybridized carbons (Fsp3) is 0.632. The lowest BCUT2D eigenvalue weighted by molar-refractivity contribution is -0.124. The maximum absolute atomic E-state index is 12.5. The molecule has 1 aliphatic heterocycles. The molecule has 140 valence electrons. The van der Waals surface area contributed by atoms with Gasteiger partial charge in [0, 0.05) is 11.6 Å². The van der Waals surface area contributed by atoms with Crippen LogP contribution in [0.3, 0.4) is 0 Å². The molecule has 0 saturated carbocycles. The number of carbonyl (C=O) groups excluding carboxylic acids is 1. The molecule has 0 bridgehead atoms. The number of amides is 1. The summed E-state index contributed by atoms with van der Waals surface area (Å²) in [6.07, 6.45) is 1.91. The minimum absolute atomic E-state index is 0.0138. The highest BCUT2D eigenvalue weighted by molar-refractivity contribution is 5.78. The summed E-state index contributed by atoms with van der Waals surface area (Å²) in [6.45, 7) is 6.64. The van der Waals surface area contributed by atoms with Crippen LogP contribution in [-0.4, -0.2) is 54.9 Å². The van der Waals surface area contributed by atoms with Gasteiger partial charge in [0.25, 0.3) is 0 Å². The normalized spacial score (nSPS) is 19.5. The van der Waals surface area contributed by atoms with E-state index in [0.29, 0.717) is 5.75 Å². The zero-order valence-corrected chi connectivity index (χ0v) is 15.8. The second-order valence-electron chi connectivity index (χ2n) is 7.18. The van der Waals surface area contributed by atoms with E-state index in [0.717, 1.165) is 30.7 Å². The maximum atomic E-state index is 12.5. The van der Waals surface area contributed by atoms with Crippen LogP contribution in [0.25, 0.3) is 0 Å². The average Bonchev–Trinajstić information content (AvgIpc) is 3.02. The van der Waals surface area contributed by atoms with E-state index in [1.165, 1.54) is 0 Å². The minimum atomic E-state index is -0.807. The third kappa shape index (κ3) is 4.86. The van der Waals surface area contributed by atoms with Gasteiger partial charge in [-0.15, -0.1) is 0 Å². The van der Waals surface area contributed by atoms with Gasteiger partial charge < -0.3 is 19.9 Å². The van der Waals surface area contributed by atoms with Crippen molar-refractivity contribution in [2.24, 2.45) is 0 Å². The van der Waals surface area contributed by atoms with Gasteiger partial charge >= 0.3 is 0 Å². The predicted molar refractivity (Wildman–Crippen MR) is 97.0 cm³/mol. The molecule has 1 saturated heterocycles. The number of benzene rings is 1. The Balaban J connectivity index is 2.03. The molecule has 1 aliphatic rings. The standard InChI is InChI=1S/C19H30N2O4/c1-13(15-11-14(24-4)8-9-16(15)25-5)20-18(22)12-21-10-6-7-17(21)19(2,3)23/h8-9,11,13,17,23H,6-7,10,12H2,1-5H3,(H,20,22)/t13-,17-/m1/s1. The van der Waals surface area contributed by atoms with Crippen molar-refractivity contribution in [2.75, 3.05) is 27.3 Å². The Labute approximate surface area is 150 Å². The zero-order valence-electron chi connectivity index (χ0n) is 15.8. The number of ether oxygens (including phenoxy) is 2. The first-order chi connectivity index (χ1) is 11.8. The van der Waals surface area contributed by atoms with E-state index in [1.807, 2.05) is 25.1 Å². The fourth-order valence-corrected chi connectivity index (χ4v) is 3.54. The van der Waals surface area contributed by atoms with E-state index in [2.05, 4.69) is 10.2 Å². The summed E-state index contributed by atoms with van der Waals surface area (Å²) in [6, 6.07) is 5.34. The molecule has 0 aromatic heterocycles. The SMILES string of the molecule is COc1ccc(OC)c([C@@H](C)NC(=O)CN2CCC[C@@H]2C(C)(C)O)c1. The molecule has 1 aromatic carbocycles. The van der Waals surface area contributed by atoms with Crippen LogP contribution >= 0.6 is 0 Å². The van der Waals surface area contributed by atoms with Gasteiger partial charge in [-0.05, 0) is 58.4 Å². The second kappa shape index (κ2) is 8.06. The van der Waals surface area contributed by atoms with Crippen LogP contribution < -0.4 is 14.8 Å². The molecule has 6 heteroatoms. The highest BCUT2D eigenvalue weighted by Crippen LogP contribution is 2.30. The molecule has 0 spiro atoms. The van der Waals surface area contributed by atoms with Gasteiger partial charge in [-0.25, -0.2) is 0 Å². The lowest BCUT2D eigenvalue weighted by Gasteiger charge is -2.33. The van der Waals surface area contributed by atoms with Crippen LogP contribution in [0.5, 0.6) is 11.5 Å². The summed E-state index contributed by atoms with van der Waals surface area (Å²) >= 11 is 0. The van der Waals surface area contributed by atoms with Gasteiger partial charge in [-0.1, -0.05) is 0 Å². The number of aliphatic hydroxyl groups is 1. The summed E-state index contributed by atoms with van der Waals surface area (Å²) in [7, 11) is 3.22. The molecule has 1 fully saturated rings. The van der Waals surface area contributed by atoms with Crippen LogP contribution in [0.15, 0.2) is 18.2 Å². The van der Waals surface area contributed by atoms with Crippen molar-refractivity contribution in [1.82, 2.24) is 10.2 Å². The minimum Gasteiger partial charge on any atom is -0.497 e. The number of methoxy groups -OCH3 is 2. The van der Waals surface area contributed by atoms with Gasteiger partial charge in [-0.3, -0.25) is 9.69 Å². The molecule has 25 heavy (non-hydrogen) atoms. The largest absolute Gasteiger partial charge is 0.497 e. The summed E-state index contributed by atoms with van der Waals surface area (Å²) in [4.78, 5) is 14.6. The van der Waals surface area contributed by atoms with Crippen LogP contribution in [0.1, 0.15) is 45.2 Å². The van der Waals surface area contributed by atoms with Crippen molar-refractivity contribution in [3.63, 3.8) is 0 Å². The molecule has 6 nitrogen and oxygen atoms in total. The van der Waals surface area contributed by atoms with Gasteiger partial charge in [-0.2, -0.15) is 0 Å². The highest BCUT2D eigenvalue weighted by Gasteiger charge is 2.36. The first-order valence-corrected chi connectivity index (χ1v) is 8.74. The highest BCUT2D eigenvalue weighted by atomic mass is 16.5. The lowest BCUT2D eigenvalue weighted by atomic mass is 9.97. The smallest absolute Gasteiger partial charge is 0.234 e. The van der Waals surface area contributed by atoms with Gasteiger partial charge in [0.1, 0.15) is 11.5 Å². The van der Waals surface area contributed by atoms with E-state index in [-0.39, 0.29) is 24.5 Å². The number of rotatable bonds is 7. The number of nitrogens with one attached hydrogen (secondary N) is 1. The van der Waals surface area contributed by atoms with E-state index in [9.17, 15) is 9.90 Å². The predicted octanol–water partition coefficient (Wildman–Crippen LogP) is 2.12. The summed E-state index contributed by atoms with van der Waals surface area (Å²) in [5, 5.41) is 13.3. The molecule has 0 unspecified atom stereocenters. The monoisotopic (exact) mass is 350 g/mol. The van der Waals surface area contributed by atoms with Crippen molar-refractivity contribution in [1.29, 1.82) is 0 Å². The van der Waals surface area contributed by atoms with E-state index in [1.54, 1.807) is 28.1 Å². The topological polar surface area (TPSA) is 71.0 Å². The summed E-state index contributed by atoms with van der Waals surface area (Å²) < 4.78 is 10.7. The van der Waals surface area contributed by atoms with Crippen molar-refractivity contribution >= 4 is 5.91 Å². The first-order valence-electron chi connectivity index (χ1n) is 8.74. The number of nitrogens with zero attached hydrogens (tertiary/aromatic N) is 1. The molecule has 1 heterocycles. The molecule has 2 rings (SSSR count). The Bertz CT molecular complexity index is 598. The number of carbonyl (C=O) groups is 1. The van der Waals surface area contributed by atoms with Crippen LogP contribution in [-0.2, 0) is 4.79 Å². The van der Waals surface area contributed by atoms with Crippen LogP contribution in [0, 0.1) is 0 Å². The number of likely N-dealkylation sites (tertiary alicyclic amines) is 1. The molecule has 2 N–H and O–H groups in total. The van der Waals surface area contributed by atoms with E-state index >= 15 is 0 Å².